The molecule has 0 saturated carbocycles. The molecule has 0 amide bonds. The van der Waals surface area contributed by atoms with Gasteiger partial charge >= 0.3 is 0 Å². The van der Waals surface area contributed by atoms with Crippen molar-refractivity contribution < 1.29 is 0 Å². The minimum Gasteiger partial charge on any atom is -0.310 e. The minimum atomic E-state index is 0.995. The second-order valence-electron chi connectivity index (χ2n) is 13.6. The smallest absolute Gasteiger partial charge is 0.0554 e. The molecule has 52 heavy (non-hydrogen) atoms. The largest absolute Gasteiger partial charge is 0.310 e. The Bertz CT molecular complexity index is 3000. The van der Waals surface area contributed by atoms with Crippen LogP contribution in [0.5, 0.6) is 0 Å². The molecule has 2 aromatic heterocycles. The van der Waals surface area contributed by atoms with Crippen LogP contribution in [0.3, 0.4) is 0 Å². The maximum Gasteiger partial charge on any atom is 0.0554 e. The zero-order chi connectivity index (χ0) is 34.2. The van der Waals surface area contributed by atoms with Gasteiger partial charge < -0.3 is 4.90 Å². The summed E-state index contributed by atoms with van der Waals surface area (Å²) in [5.41, 5.74) is 14.0. The number of hydrogen-bond donors (Lipinski definition) is 0. The molecule has 3 heteroatoms. The Labute approximate surface area is 310 Å². The van der Waals surface area contributed by atoms with Crippen LogP contribution in [0.4, 0.5) is 17.1 Å². The van der Waals surface area contributed by atoms with Gasteiger partial charge in [-0.2, -0.15) is 0 Å². The predicted octanol–water partition coefficient (Wildman–Crippen LogP) is 14.8. The van der Waals surface area contributed by atoms with Crippen molar-refractivity contribution in [3.8, 4) is 33.4 Å². The van der Waals surface area contributed by atoms with Crippen LogP contribution in [0, 0.1) is 0 Å². The number of rotatable bonds is 5. The summed E-state index contributed by atoms with van der Waals surface area (Å²) in [4.78, 5) is 2.46. The zero-order valence-corrected chi connectivity index (χ0v) is 29.8. The van der Waals surface area contributed by atoms with Crippen LogP contribution >= 0.6 is 22.7 Å². The number of anilines is 3. The molecule has 0 atom stereocenters. The fourth-order valence-corrected chi connectivity index (χ4v) is 10.7. The van der Waals surface area contributed by atoms with Crippen molar-refractivity contribution in [3.05, 3.63) is 187 Å². The van der Waals surface area contributed by atoms with E-state index in [1.54, 1.807) is 0 Å². The fourth-order valence-electron chi connectivity index (χ4n) is 8.42. The second-order valence-corrected chi connectivity index (χ2v) is 15.8. The van der Waals surface area contributed by atoms with Crippen LogP contribution in [-0.2, 0) is 6.42 Å². The number of benzene rings is 8. The summed E-state index contributed by atoms with van der Waals surface area (Å²) in [5.74, 6) is 0. The molecule has 2 heterocycles. The first-order valence-corrected chi connectivity index (χ1v) is 19.4. The van der Waals surface area contributed by atoms with Gasteiger partial charge in [0.15, 0.2) is 0 Å². The third-order valence-electron chi connectivity index (χ3n) is 10.7. The van der Waals surface area contributed by atoms with Crippen molar-refractivity contribution >= 4 is 80.1 Å². The number of hydrogen-bond acceptors (Lipinski definition) is 3. The molecule has 0 radical (unpaired) electrons. The van der Waals surface area contributed by atoms with E-state index in [1.165, 1.54) is 90.5 Å². The van der Waals surface area contributed by atoms with Gasteiger partial charge in [-0.15, -0.1) is 22.7 Å². The first-order valence-electron chi connectivity index (χ1n) is 17.8. The number of fused-ring (bicyclic) bond motifs is 9. The van der Waals surface area contributed by atoms with Crippen LogP contribution in [0.2, 0.25) is 0 Å². The highest BCUT2D eigenvalue weighted by molar-refractivity contribution is 7.26. The van der Waals surface area contributed by atoms with Crippen molar-refractivity contribution in [3.63, 3.8) is 0 Å². The van der Waals surface area contributed by atoms with E-state index in [9.17, 15) is 0 Å². The third kappa shape index (κ3) is 4.60. The monoisotopic (exact) mass is 697 g/mol. The summed E-state index contributed by atoms with van der Waals surface area (Å²) in [6.07, 6.45) is 0.995. The molecular weight excluding hydrogens is 667 g/mol. The van der Waals surface area contributed by atoms with Gasteiger partial charge in [-0.05, 0) is 106 Å². The van der Waals surface area contributed by atoms with E-state index >= 15 is 0 Å². The molecule has 0 bridgehead atoms. The highest BCUT2D eigenvalue weighted by Gasteiger charge is 2.23. The Hall–Kier alpha value is -6.00. The normalized spacial score (nSPS) is 12.2. The molecule has 0 N–H and O–H groups in total. The number of nitrogens with zero attached hydrogens (tertiary/aromatic N) is 1. The SMILES string of the molecule is c1cc(-c2cccc3sc4ccccc4c23)cc(N(c2ccc(-c3cccc4c3-c3ccccc3C4)cc2)c2cccc3sc4ccccc4c23)c1. The van der Waals surface area contributed by atoms with Crippen LogP contribution in [-0.4, -0.2) is 0 Å². The summed E-state index contributed by atoms with van der Waals surface area (Å²) in [6, 6.07) is 65.1. The lowest BCUT2D eigenvalue weighted by atomic mass is 9.94. The van der Waals surface area contributed by atoms with Crippen LogP contribution in [0.15, 0.2) is 176 Å². The Morgan fingerprint density at radius 3 is 1.81 bits per heavy atom. The van der Waals surface area contributed by atoms with Crippen LogP contribution in [0.25, 0.3) is 73.7 Å². The first kappa shape index (κ1) is 29.7. The Kier molecular flexibility index (Phi) is 6.73. The van der Waals surface area contributed by atoms with Crippen LogP contribution < -0.4 is 4.90 Å². The number of thiophene rings is 2. The molecule has 0 spiro atoms. The van der Waals surface area contributed by atoms with Crippen molar-refractivity contribution in [2.24, 2.45) is 0 Å². The highest BCUT2D eigenvalue weighted by atomic mass is 32.1. The minimum absolute atomic E-state index is 0.995. The third-order valence-corrected chi connectivity index (χ3v) is 13.0. The standard InChI is InChI=1S/C49H31NS2/c1-2-15-38-32(11-1)29-34-13-8-18-37(47(34)38)31-25-27-35(28-26-31)50(42-20-10-24-46-49(42)41-17-4-6-22-44(41)52-46)36-14-7-12-33(30-36)39-19-9-23-45-48(39)40-16-3-5-21-43(40)51-45/h1-28,30H,29H2. The maximum absolute atomic E-state index is 2.46. The fraction of sp³-hybridized carbons (Fsp3) is 0.0204. The van der Waals surface area contributed by atoms with Crippen LogP contribution in [0.1, 0.15) is 11.1 Å². The van der Waals surface area contributed by atoms with Crippen molar-refractivity contribution in [2.75, 3.05) is 4.90 Å². The molecule has 1 nitrogen and oxygen atoms in total. The van der Waals surface area contributed by atoms with E-state index in [0.717, 1.165) is 17.8 Å². The summed E-state index contributed by atoms with van der Waals surface area (Å²) in [5, 5.41) is 5.24. The van der Waals surface area contributed by atoms with Gasteiger partial charge in [0.25, 0.3) is 0 Å². The van der Waals surface area contributed by atoms with Crippen molar-refractivity contribution in [1.29, 1.82) is 0 Å². The molecule has 8 aromatic carbocycles. The molecule has 244 valence electrons. The lowest BCUT2D eigenvalue weighted by molar-refractivity contribution is 1.26. The summed E-state index contributed by atoms with van der Waals surface area (Å²) in [7, 11) is 0. The Morgan fingerprint density at radius 2 is 0.981 bits per heavy atom. The first-order chi connectivity index (χ1) is 25.8. The highest BCUT2D eigenvalue weighted by Crippen LogP contribution is 2.48. The van der Waals surface area contributed by atoms with E-state index in [4.69, 9.17) is 0 Å². The van der Waals surface area contributed by atoms with Gasteiger partial charge in [-0.25, -0.2) is 0 Å². The molecular formula is C49H31NS2. The van der Waals surface area contributed by atoms with Gasteiger partial charge in [0.05, 0.1) is 5.69 Å². The quantitative estimate of drug-likeness (QED) is 0.173. The molecule has 0 aliphatic heterocycles. The van der Waals surface area contributed by atoms with Gasteiger partial charge in [-0.3, -0.25) is 0 Å². The average Bonchev–Trinajstić information content (AvgIpc) is 3.90. The van der Waals surface area contributed by atoms with Crippen molar-refractivity contribution in [1.82, 2.24) is 0 Å². The van der Waals surface area contributed by atoms with Gasteiger partial charge in [-0.1, -0.05) is 121 Å². The van der Waals surface area contributed by atoms with E-state index < -0.39 is 0 Å². The van der Waals surface area contributed by atoms with E-state index in [-0.39, 0.29) is 0 Å². The molecule has 0 unspecified atom stereocenters. The van der Waals surface area contributed by atoms with E-state index in [0.29, 0.717) is 0 Å². The van der Waals surface area contributed by atoms with E-state index in [1.807, 2.05) is 22.7 Å². The second kappa shape index (κ2) is 11.8. The zero-order valence-electron chi connectivity index (χ0n) is 28.2. The van der Waals surface area contributed by atoms with Gasteiger partial charge in [0.2, 0.25) is 0 Å². The molecule has 1 aliphatic rings. The molecule has 11 rings (SSSR count). The topological polar surface area (TPSA) is 3.24 Å². The molecule has 0 saturated heterocycles. The lowest BCUT2D eigenvalue weighted by Crippen LogP contribution is -2.10. The van der Waals surface area contributed by atoms with E-state index in [2.05, 4.69) is 181 Å². The van der Waals surface area contributed by atoms with Crippen molar-refractivity contribution in [2.45, 2.75) is 6.42 Å². The molecule has 0 fully saturated rings. The summed E-state index contributed by atoms with van der Waals surface area (Å²) in [6.45, 7) is 0. The Morgan fingerprint density at radius 1 is 0.385 bits per heavy atom. The molecule has 1 aliphatic carbocycles. The lowest BCUT2D eigenvalue weighted by Gasteiger charge is -2.27. The summed E-state index contributed by atoms with van der Waals surface area (Å²) < 4.78 is 5.25. The molecule has 10 aromatic rings. The average molecular weight is 698 g/mol. The maximum atomic E-state index is 2.46. The predicted molar refractivity (Wildman–Crippen MR) is 226 cm³/mol. The summed E-state index contributed by atoms with van der Waals surface area (Å²) >= 11 is 3.74. The van der Waals surface area contributed by atoms with Gasteiger partial charge in [0.1, 0.15) is 0 Å². The van der Waals surface area contributed by atoms with Gasteiger partial charge in [0, 0.05) is 51.7 Å². The Balaban J connectivity index is 1.10.